The summed E-state index contributed by atoms with van der Waals surface area (Å²) in [6.07, 6.45) is 1.69. The number of esters is 2. The summed E-state index contributed by atoms with van der Waals surface area (Å²) >= 11 is 0. The molecule has 21 heavy (non-hydrogen) atoms. The molecule has 0 N–H and O–H groups in total. The molecule has 0 radical (unpaired) electrons. The monoisotopic (exact) mass is 288 g/mol. The second-order valence-electron chi connectivity index (χ2n) is 4.74. The smallest absolute Gasteiger partial charge is 0.338 e. The third kappa shape index (κ3) is 4.91. The molecule has 0 saturated carbocycles. The summed E-state index contributed by atoms with van der Waals surface area (Å²) in [6, 6.07) is 5.44. The van der Waals surface area contributed by atoms with Crippen molar-refractivity contribution in [3.05, 3.63) is 47.6 Å². The van der Waals surface area contributed by atoms with Gasteiger partial charge >= 0.3 is 11.9 Å². The Hall–Kier alpha value is -2.36. The van der Waals surface area contributed by atoms with Crippen molar-refractivity contribution in [2.24, 2.45) is 0 Å². The van der Waals surface area contributed by atoms with Gasteiger partial charge in [0, 0.05) is 18.1 Å². The van der Waals surface area contributed by atoms with Crippen LogP contribution in [-0.4, -0.2) is 18.5 Å². The first-order chi connectivity index (χ1) is 9.85. The van der Waals surface area contributed by atoms with Crippen LogP contribution in [0.4, 0.5) is 0 Å². The predicted octanol–water partition coefficient (Wildman–Crippen LogP) is 3.44. The first kappa shape index (κ1) is 16.7. The van der Waals surface area contributed by atoms with Crippen LogP contribution in [0.25, 0.3) is 5.57 Å². The normalized spacial score (nSPS) is 11.0. The molecule has 0 bridgehead atoms. The maximum atomic E-state index is 11.9. The molecule has 0 heterocycles. The van der Waals surface area contributed by atoms with E-state index in [0.29, 0.717) is 22.5 Å². The lowest BCUT2D eigenvalue weighted by Gasteiger charge is -2.13. The molecule has 112 valence electrons. The Kier molecular flexibility index (Phi) is 5.91. The number of benzene rings is 1. The molecule has 0 aliphatic carbocycles. The van der Waals surface area contributed by atoms with Gasteiger partial charge in [0.25, 0.3) is 0 Å². The Morgan fingerprint density at radius 1 is 1.29 bits per heavy atom. The van der Waals surface area contributed by atoms with Crippen LogP contribution in [0.2, 0.25) is 0 Å². The van der Waals surface area contributed by atoms with Crippen molar-refractivity contribution in [1.29, 1.82) is 0 Å². The van der Waals surface area contributed by atoms with E-state index in [1.807, 2.05) is 13.0 Å². The quantitative estimate of drug-likeness (QED) is 0.473. The molecule has 0 aliphatic rings. The molecule has 1 rings (SSSR count). The fraction of sp³-hybridized carbons (Fsp3) is 0.294. The molecule has 0 saturated heterocycles. The topological polar surface area (TPSA) is 52.6 Å². The summed E-state index contributed by atoms with van der Waals surface area (Å²) in [5.41, 5.74) is 2.71. The minimum Gasteiger partial charge on any atom is -0.461 e. The second kappa shape index (κ2) is 7.43. The van der Waals surface area contributed by atoms with Crippen molar-refractivity contribution < 1.29 is 19.1 Å². The van der Waals surface area contributed by atoms with Crippen LogP contribution in [0.5, 0.6) is 5.75 Å². The minimum absolute atomic E-state index is 0.0611. The number of carbonyl (C=O) groups excluding carboxylic acids is 2. The van der Waals surface area contributed by atoms with Crippen molar-refractivity contribution in [3.8, 4) is 5.75 Å². The van der Waals surface area contributed by atoms with Gasteiger partial charge in [0.1, 0.15) is 12.4 Å². The van der Waals surface area contributed by atoms with Gasteiger partial charge < -0.3 is 9.47 Å². The minimum atomic E-state index is -0.412. The Morgan fingerprint density at radius 2 is 1.95 bits per heavy atom. The zero-order valence-electron chi connectivity index (χ0n) is 12.9. The third-order valence-corrected chi connectivity index (χ3v) is 2.93. The average molecular weight is 288 g/mol. The Bertz CT molecular complexity index is 597. The van der Waals surface area contributed by atoms with E-state index in [-0.39, 0.29) is 12.6 Å². The van der Waals surface area contributed by atoms with Crippen LogP contribution in [0.15, 0.2) is 36.4 Å². The zero-order valence-corrected chi connectivity index (χ0v) is 12.9. The predicted molar refractivity (Wildman–Crippen MR) is 81.9 cm³/mol. The highest BCUT2D eigenvalue weighted by atomic mass is 16.5. The molecule has 1 aromatic rings. The Morgan fingerprint density at radius 3 is 2.52 bits per heavy atom. The number of ether oxygens (including phenoxy) is 2. The van der Waals surface area contributed by atoms with Gasteiger partial charge in [0.15, 0.2) is 0 Å². The highest BCUT2D eigenvalue weighted by Crippen LogP contribution is 2.27. The van der Waals surface area contributed by atoms with Gasteiger partial charge in [0.2, 0.25) is 0 Å². The molecule has 4 heteroatoms. The number of allylic oxidation sites excluding steroid dienone is 1. The van der Waals surface area contributed by atoms with E-state index in [0.717, 1.165) is 5.56 Å². The molecular formula is C17H20O4. The Labute approximate surface area is 125 Å². The van der Waals surface area contributed by atoms with Gasteiger partial charge in [-0.2, -0.15) is 0 Å². The number of rotatable bonds is 5. The van der Waals surface area contributed by atoms with Crippen LogP contribution in [0, 0.1) is 6.92 Å². The van der Waals surface area contributed by atoms with E-state index in [1.165, 1.54) is 6.92 Å². The van der Waals surface area contributed by atoms with E-state index in [4.69, 9.17) is 9.47 Å². The summed E-state index contributed by atoms with van der Waals surface area (Å²) in [6.45, 7) is 10.6. The Balaban J connectivity index is 3.02. The van der Waals surface area contributed by atoms with E-state index >= 15 is 0 Å². The molecule has 0 spiro atoms. The molecule has 0 aliphatic heterocycles. The molecule has 1 aromatic carbocycles. The maximum Gasteiger partial charge on any atom is 0.338 e. The van der Waals surface area contributed by atoms with Gasteiger partial charge in [-0.3, -0.25) is 4.79 Å². The van der Waals surface area contributed by atoms with Gasteiger partial charge in [-0.25, -0.2) is 4.79 Å². The van der Waals surface area contributed by atoms with Crippen molar-refractivity contribution in [1.82, 2.24) is 0 Å². The van der Waals surface area contributed by atoms with Crippen molar-refractivity contribution in [2.75, 3.05) is 6.61 Å². The number of hydrogen-bond acceptors (Lipinski definition) is 4. The molecular weight excluding hydrogens is 268 g/mol. The average Bonchev–Trinajstić information content (AvgIpc) is 2.43. The molecule has 0 amide bonds. The largest absolute Gasteiger partial charge is 0.461 e. The van der Waals surface area contributed by atoms with Gasteiger partial charge in [-0.05, 0) is 38.0 Å². The summed E-state index contributed by atoms with van der Waals surface area (Å²) in [4.78, 5) is 22.8. The van der Waals surface area contributed by atoms with Crippen LogP contribution in [0.1, 0.15) is 31.9 Å². The van der Waals surface area contributed by atoms with Crippen LogP contribution >= 0.6 is 0 Å². The third-order valence-electron chi connectivity index (χ3n) is 2.93. The van der Waals surface area contributed by atoms with Crippen LogP contribution < -0.4 is 4.74 Å². The summed E-state index contributed by atoms with van der Waals surface area (Å²) in [5, 5.41) is 0. The summed E-state index contributed by atoms with van der Waals surface area (Å²) in [7, 11) is 0. The van der Waals surface area contributed by atoms with Crippen molar-refractivity contribution in [3.63, 3.8) is 0 Å². The van der Waals surface area contributed by atoms with E-state index in [2.05, 4.69) is 6.58 Å². The highest BCUT2D eigenvalue weighted by molar-refractivity contribution is 5.90. The van der Waals surface area contributed by atoms with Crippen LogP contribution in [-0.2, 0) is 14.3 Å². The molecule has 0 unspecified atom stereocenters. The standard InChI is InChI=1S/C17H20O4/c1-6-12(3)17(19)21-16-9-11(2)7-8-15(16)13(4)10-20-14(5)18/h6-9H,4,10H2,1-3,5H3. The van der Waals surface area contributed by atoms with E-state index in [1.54, 1.807) is 32.1 Å². The number of hydrogen-bond donors (Lipinski definition) is 0. The van der Waals surface area contributed by atoms with E-state index < -0.39 is 5.97 Å². The lowest BCUT2D eigenvalue weighted by Crippen LogP contribution is -2.11. The first-order valence-corrected chi connectivity index (χ1v) is 6.62. The highest BCUT2D eigenvalue weighted by Gasteiger charge is 2.13. The van der Waals surface area contributed by atoms with Gasteiger partial charge in [-0.15, -0.1) is 0 Å². The number of carbonyl (C=O) groups is 2. The number of aryl methyl sites for hydroxylation is 1. The van der Waals surface area contributed by atoms with Crippen molar-refractivity contribution in [2.45, 2.75) is 27.7 Å². The fourth-order valence-corrected chi connectivity index (χ4v) is 1.57. The zero-order chi connectivity index (χ0) is 16.0. The fourth-order valence-electron chi connectivity index (χ4n) is 1.57. The van der Waals surface area contributed by atoms with Gasteiger partial charge in [0.05, 0.1) is 0 Å². The maximum absolute atomic E-state index is 11.9. The second-order valence-corrected chi connectivity index (χ2v) is 4.74. The summed E-state index contributed by atoms with van der Waals surface area (Å²) in [5.74, 6) is -0.380. The van der Waals surface area contributed by atoms with Gasteiger partial charge in [-0.1, -0.05) is 24.8 Å². The SMILES string of the molecule is C=C(COC(C)=O)c1ccc(C)cc1OC(=O)C(C)=CC. The lowest BCUT2D eigenvalue weighted by atomic mass is 10.0. The lowest BCUT2D eigenvalue weighted by molar-refractivity contribution is -0.139. The summed E-state index contributed by atoms with van der Waals surface area (Å²) < 4.78 is 10.3. The van der Waals surface area contributed by atoms with Crippen molar-refractivity contribution >= 4 is 17.5 Å². The molecule has 0 aromatic heterocycles. The van der Waals surface area contributed by atoms with E-state index in [9.17, 15) is 9.59 Å². The first-order valence-electron chi connectivity index (χ1n) is 6.62. The molecule has 0 atom stereocenters. The molecule has 4 nitrogen and oxygen atoms in total. The molecule has 0 fully saturated rings. The van der Waals surface area contributed by atoms with Crippen LogP contribution in [0.3, 0.4) is 0 Å².